The van der Waals surface area contributed by atoms with Crippen LogP contribution >= 0.6 is 0 Å². The Morgan fingerprint density at radius 1 is 1.15 bits per heavy atom. The predicted octanol–water partition coefficient (Wildman–Crippen LogP) is 4.94. The van der Waals surface area contributed by atoms with Gasteiger partial charge in [-0.15, -0.1) is 0 Å². The van der Waals surface area contributed by atoms with Gasteiger partial charge in [-0.2, -0.15) is 0 Å². The summed E-state index contributed by atoms with van der Waals surface area (Å²) in [7, 11) is 0. The van der Waals surface area contributed by atoms with Gasteiger partial charge in [0.2, 0.25) is 0 Å². The van der Waals surface area contributed by atoms with Crippen molar-refractivity contribution in [2.75, 3.05) is 0 Å². The Morgan fingerprint density at radius 2 is 1.96 bits per heavy atom. The van der Waals surface area contributed by atoms with Gasteiger partial charge < -0.3 is 9.55 Å². The molecule has 0 spiro atoms. The molecule has 2 heterocycles. The molecule has 0 fully saturated rings. The topological polar surface area (TPSA) is 76.8 Å². The minimum absolute atomic E-state index is 0.0278. The molecule has 2 aromatic heterocycles. The highest BCUT2D eigenvalue weighted by molar-refractivity contribution is 5.98. The summed E-state index contributed by atoms with van der Waals surface area (Å²) < 4.78 is 1.91. The van der Waals surface area contributed by atoms with Crippen molar-refractivity contribution in [2.45, 2.75) is 19.4 Å². The predicted molar refractivity (Wildman–Crippen MR) is 101 cm³/mol. The average Bonchev–Trinajstić information content (AvgIpc) is 3.32. The van der Waals surface area contributed by atoms with E-state index in [-0.39, 0.29) is 16.7 Å². The Hall–Kier alpha value is -3.41. The van der Waals surface area contributed by atoms with Crippen LogP contribution in [-0.4, -0.2) is 19.5 Å². The summed E-state index contributed by atoms with van der Waals surface area (Å²) in [6, 6.07) is 13.8. The van der Waals surface area contributed by atoms with Crippen molar-refractivity contribution in [1.29, 1.82) is 0 Å². The minimum atomic E-state index is -0.312. The lowest BCUT2D eigenvalue weighted by Crippen LogP contribution is -2.07. The van der Waals surface area contributed by atoms with Crippen LogP contribution in [-0.2, 0) is 0 Å². The molecule has 0 aliphatic heterocycles. The molecule has 130 valence electrons. The number of nitro groups is 1. The van der Waals surface area contributed by atoms with Gasteiger partial charge >= 0.3 is 0 Å². The number of fused-ring (bicyclic) bond motifs is 1. The molecule has 0 bridgehead atoms. The maximum atomic E-state index is 11.7. The van der Waals surface area contributed by atoms with E-state index >= 15 is 0 Å². The largest absolute Gasteiger partial charge is 0.347 e. The van der Waals surface area contributed by atoms with E-state index in [1.54, 1.807) is 18.7 Å². The number of rotatable bonds is 5. The van der Waals surface area contributed by atoms with Gasteiger partial charge in [-0.05, 0) is 22.8 Å². The van der Waals surface area contributed by atoms with Gasteiger partial charge in [-0.1, -0.05) is 49.4 Å². The molecule has 4 aromatic rings. The zero-order valence-corrected chi connectivity index (χ0v) is 14.3. The number of hydrogen-bond donors (Lipinski definition) is 1. The maximum absolute atomic E-state index is 11.7. The van der Waals surface area contributed by atoms with Gasteiger partial charge in [0.1, 0.15) is 0 Å². The molecule has 0 aliphatic rings. The molecule has 0 amide bonds. The Labute approximate surface area is 150 Å². The summed E-state index contributed by atoms with van der Waals surface area (Å²) in [5.74, 6) is 0. The minimum Gasteiger partial charge on any atom is -0.347 e. The molecule has 6 heteroatoms. The van der Waals surface area contributed by atoms with Crippen molar-refractivity contribution in [3.05, 3.63) is 83.2 Å². The number of hydrogen-bond acceptors (Lipinski definition) is 3. The van der Waals surface area contributed by atoms with E-state index in [1.807, 2.05) is 53.2 Å². The fraction of sp³-hybridized carbons (Fsp3) is 0.150. The molecule has 1 unspecified atom stereocenters. The van der Waals surface area contributed by atoms with Crippen LogP contribution in [0.25, 0.3) is 21.9 Å². The molecular formula is C20H18N4O2. The SMILES string of the molecule is CCC(c1cnc[nH]1)n1cc(-c2cccc3ccccc23)c([N+](=O)[O-])c1. The second-order valence-electron chi connectivity index (χ2n) is 6.22. The average molecular weight is 346 g/mol. The molecule has 0 saturated carbocycles. The fourth-order valence-corrected chi connectivity index (χ4v) is 3.50. The Balaban J connectivity index is 1.91. The molecule has 0 aliphatic carbocycles. The number of nitrogens with zero attached hydrogens (tertiary/aromatic N) is 3. The van der Waals surface area contributed by atoms with Gasteiger partial charge in [0.15, 0.2) is 0 Å². The first-order chi connectivity index (χ1) is 12.7. The lowest BCUT2D eigenvalue weighted by molar-refractivity contribution is -0.384. The van der Waals surface area contributed by atoms with Crippen LogP contribution in [0.3, 0.4) is 0 Å². The number of nitrogens with one attached hydrogen (secondary N) is 1. The van der Waals surface area contributed by atoms with E-state index in [4.69, 9.17) is 0 Å². The van der Waals surface area contributed by atoms with Crippen LogP contribution in [0.5, 0.6) is 0 Å². The van der Waals surface area contributed by atoms with Crippen LogP contribution in [0.2, 0.25) is 0 Å². The highest BCUT2D eigenvalue weighted by atomic mass is 16.6. The van der Waals surface area contributed by atoms with Crippen molar-refractivity contribution in [3.63, 3.8) is 0 Å². The molecule has 1 atom stereocenters. The number of H-pyrrole nitrogens is 1. The van der Waals surface area contributed by atoms with Crippen LogP contribution < -0.4 is 0 Å². The highest BCUT2D eigenvalue weighted by Crippen LogP contribution is 2.37. The summed E-state index contributed by atoms with van der Waals surface area (Å²) in [5.41, 5.74) is 2.54. The normalized spacial score (nSPS) is 12.3. The molecule has 0 saturated heterocycles. The van der Waals surface area contributed by atoms with E-state index < -0.39 is 0 Å². The first kappa shape index (κ1) is 16.1. The second-order valence-corrected chi connectivity index (χ2v) is 6.22. The molecule has 4 rings (SSSR count). The number of aromatic nitrogens is 3. The summed E-state index contributed by atoms with van der Waals surface area (Å²) in [6.45, 7) is 2.05. The zero-order valence-electron chi connectivity index (χ0n) is 14.3. The van der Waals surface area contributed by atoms with Crippen LogP contribution in [0.4, 0.5) is 5.69 Å². The highest BCUT2D eigenvalue weighted by Gasteiger charge is 2.23. The Bertz CT molecular complexity index is 1060. The lowest BCUT2D eigenvalue weighted by atomic mass is 9.99. The molecule has 26 heavy (non-hydrogen) atoms. The summed E-state index contributed by atoms with van der Waals surface area (Å²) in [4.78, 5) is 18.6. The Morgan fingerprint density at radius 3 is 2.69 bits per heavy atom. The van der Waals surface area contributed by atoms with Gasteiger partial charge in [-0.25, -0.2) is 4.98 Å². The Kier molecular flexibility index (Phi) is 4.01. The van der Waals surface area contributed by atoms with Crippen molar-refractivity contribution < 1.29 is 4.92 Å². The molecule has 6 nitrogen and oxygen atoms in total. The molecule has 1 N–H and O–H groups in total. The first-order valence-electron chi connectivity index (χ1n) is 8.51. The summed E-state index contributed by atoms with van der Waals surface area (Å²) >= 11 is 0. The number of aromatic amines is 1. The van der Waals surface area contributed by atoms with Crippen molar-refractivity contribution in [1.82, 2.24) is 14.5 Å². The van der Waals surface area contributed by atoms with Gasteiger partial charge in [0.05, 0.1) is 40.9 Å². The molecule has 2 aromatic carbocycles. The van der Waals surface area contributed by atoms with Gasteiger partial charge in [-0.3, -0.25) is 10.1 Å². The maximum Gasteiger partial charge on any atom is 0.294 e. The summed E-state index contributed by atoms with van der Waals surface area (Å²) in [6.07, 6.45) is 7.67. The van der Waals surface area contributed by atoms with E-state index in [2.05, 4.69) is 16.9 Å². The smallest absolute Gasteiger partial charge is 0.294 e. The molecular weight excluding hydrogens is 328 g/mol. The standard InChI is InChI=1S/C20H18N4O2/c1-2-19(18-10-21-13-22-18)23-11-17(20(12-23)24(25)26)16-9-5-7-14-6-3-4-8-15(14)16/h3-13,19H,2H2,1H3,(H,21,22). The first-order valence-corrected chi connectivity index (χ1v) is 8.51. The number of benzene rings is 2. The quantitative estimate of drug-likeness (QED) is 0.411. The van der Waals surface area contributed by atoms with E-state index in [0.29, 0.717) is 5.56 Å². The lowest BCUT2D eigenvalue weighted by Gasteiger charge is -2.14. The van der Waals surface area contributed by atoms with Crippen LogP contribution in [0.1, 0.15) is 25.1 Å². The van der Waals surface area contributed by atoms with Crippen molar-refractivity contribution >= 4 is 16.5 Å². The number of imidazole rings is 1. The van der Waals surface area contributed by atoms with Crippen molar-refractivity contribution in [2.24, 2.45) is 0 Å². The van der Waals surface area contributed by atoms with E-state index in [1.165, 1.54) is 0 Å². The molecule has 0 radical (unpaired) electrons. The zero-order chi connectivity index (χ0) is 18.1. The van der Waals surface area contributed by atoms with Crippen LogP contribution in [0.15, 0.2) is 67.4 Å². The van der Waals surface area contributed by atoms with Gasteiger partial charge in [0, 0.05) is 6.20 Å². The van der Waals surface area contributed by atoms with E-state index in [0.717, 1.165) is 28.5 Å². The van der Waals surface area contributed by atoms with Gasteiger partial charge in [0.25, 0.3) is 5.69 Å². The summed E-state index contributed by atoms with van der Waals surface area (Å²) in [5, 5.41) is 13.8. The second kappa shape index (κ2) is 6.48. The third-order valence-corrected chi connectivity index (χ3v) is 4.73. The fourth-order valence-electron chi connectivity index (χ4n) is 3.50. The van der Waals surface area contributed by atoms with Crippen molar-refractivity contribution in [3.8, 4) is 11.1 Å². The monoisotopic (exact) mass is 346 g/mol. The third-order valence-electron chi connectivity index (χ3n) is 4.73. The van der Waals surface area contributed by atoms with E-state index in [9.17, 15) is 10.1 Å². The third kappa shape index (κ3) is 2.65. The van der Waals surface area contributed by atoms with Crippen LogP contribution in [0, 0.1) is 10.1 Å².